The van der Waals surface area contributed by atoms with Crippen molar-refractivity contribution in [3.05, 3.63) is 121 Å². The van der Waals surface area contributed by atoms with Gasteiger partial charge in [0.25, 0.3) is 0 Å². The van der Waals surface area contributed by atoms with Crippen LogP contribution in [-0.4, -0.2) is 38.2 Å². The number of benzene rings is 3. The number of aryl methyl sites for hydroxylation is 1. The Kier molecular flexibility index (Phi) is 14.1. The van der Waals surface area contributed by atoms with Gasteiger partial charge in [-0.25, -0.2) is 14.4 Å². The molecule has 0 saturated heterocycles. The van der Waals surface area contributed by atoms with Crippen LogP contribution in [0.25, 0.3) is 0 Å². The van der Waals surface area contributed by atoms with E-state index in [0.717, 1.165) is 23.8 Å². The molecule has 0 amide bonds. The van der Waals surface area contributed by atoms with Gasteiger partial charge in [0.05, 0.1) is 37.0 Å². The summed E-state index contributed by atoms with van der Waals surface area (Å²) in [6.07, 6.45) is 0.494. The van der Waals surface area contributed by atoms with E-state index in [-0.39, 0.29) is 35.8 Å². The Balaban J connectivity index is 0.00000166. The largest absolute Gasteiger partial charge is 0.493 e. The fraction of sp³-hybridized carbons (Fsp3) is 0.206. The number of hydrogen-bond acceptors (Lipinski definition) is 8. The maximum atomic E-state index is 13.8. The van der Waals surface area contributed by atoms with Gasteiger partial charge in [0.15, 0.2) is 11.5 Å². The molecule has 0 heterocycles. The van der Waals surface area contributed by atoms with Crippen molar-refractivity contribution in [2.75, 3.05) is 20.3 Å². The second kappa shape index (κ2) is 17.7. The van der Waals surface area contributed by atoms with Crippen molar-refractivity contribution in [3.8, 4) is 23.0 Å². The van der Waals surface area contributed by atoms with Crippen LogP contribution in [0.3, 0.4) is 0 Å². The van der Waals surface area contributed by atoms with Gasteiger partial charge >= 0.3 is 24.1 Å². The van der Waals surface area contributed by atoms with E-state index >= 15 is 0 Å². The molecule has 0 saturated carbocycles. The van der Waals surface area contributed by atoms with E-state index in [4.69, 9.17) is 23.7 Å². The molecular formula is C34H33F3O8. The zero-order valence-corrected chi connectivity index (χ0v) is 24.9. The molecular weight excluding hydrogens is 593 g/mol. The van der Waals surface area contributed by atoms with Crippen molar-refractivity contribution < 1.29 is 51.2 Å². The molecule has 0 N–H and O–H groups in total. The lowest BCUT2D eigenvalue weighted by atomic mass is 10.1. The lowest BCUT2D eigenvalue weighted by molar-refractivity contribution is -0.139. The Hall–Kier alpha value is -5.32. The summed E-state index contributed by atoms with van der Waals surface area (Å²) in [5.74, 6) is -2.78. The molecule has 0 atom stereocenters. The fourth-order valence-corrected chi connectivity index (χ4v) is 3.43. The lowest BCUT2D eigenvalue weighted by Gasteiger charge is -2.15. The molecule has 0 aromatic heterocycles. The number of alkyl halides is 3. The van der Waals surface area contributed by atoms with Crippen molar-refractivity contribution >= 4 is 17.9 Å². The topological polar surface area (TPSA) is 97.4 Å². The molecule has 45 heavy (non-hydrogen) atoms. The van der Waals surface area contributed by atoms with Crippen LogP contribution in [0.1, 0.15) is 44.7 Å². The lowest BCUT2D eigenvalue weighted by Crippen LogP contribution is -2.16. The molecule has 0 bridgehead atoms. The molecule has 0 spiro atoms. The number of carbonyl (C=O) groups excluding carboxylic acids is 3. The molecule has 3 aromatic rings. The summed E-state index contributed by atoms with van der Waals surface area (Å²) in [7, 11) is 1.34. The van der Waals surface area contributed by atoms with Crippen LogP contribution < -0.4 is 18.9 Å². The van der Waals surface area contributed by atoms with Crippen molar-refractivity contribution in [2.24, 2.45) is 0 Å². The van der Waals surface area contributed by atoms with Crippen molar-refractivity contribution in [1.82, 2.24) is 0 Å². The van der Waals surface area contributed by atoms with E-state index < -0.39 is 35.4 Å². The Bertz CT molecular complexity index is 1490. The molecule has 11 heteroatoms. The van der Waals surface area contributed by atoms with Gasteiger partial charge in [-0.1, -0.05) is 49.6 Å². The highest BCUT2D eigenvalue weighted by atomic mass is 19.4. The highest BCUT2D eigenvalue weighted by molar-refractivity contribution is 5.93. The average Bonchev–Trinajstić information content (AvgIpc) is 3.03. The molecule has 0 aliphatic carbocycles. The second-order valence-corrected chi connectivity index (χ2v) is 9.07. The highest BCUT2D eigenvalue weighted by Crippen LogP contribution is 2.38. The van der Waals surface area contributed by atoms with Gasteiger partial charge in [-0.05, 0) is 68.3 Å². The van der Waals surface area contributed by atoms with Gasteiger partial charge in [-0.15, -0.1) is 0 Å². The minimum Gasteiger partial charge on any atom is -0.493 e. The Morgan fingerprint density at radius 2 is 1.33 bits per heavy atom. The van der Waals surface area contributed by atoms with E-state index in [2.05, 4.69) is 19.7 Å². The van der Waals surface area contributed by atoms with Crippen molar-refractivity contribution in [3.63, 3.8) is 0 Å². The third-order valence-electron chi connectivity index (χ3n) is 5.73. The van der Waals surface area contributed by atoms with Crippen LogP contribution in [-0.2, 0) is 15.7 Å². The summed E-state index contributed by atoms with van der Waals surface area (Å²) in [5, 5.41) is 0. The SMILES string of the molecule is C=CC(=O)OCCCCOc1ccc(C(=O)Oc2ccc(C(=O)Oc3ccc(C)cc3)cc2C(F)(F)F)cc1OC.C=CC=C. The minimum atomic E-state index is -4.94. The second-order valence-electron chi connectivity index (χ2n) is 9.07. The minimum absolute atomic E-state index is 0.0958. The first-order valence-electron chi connectivity index (χ1n) is 13.5. The summed E-state index contributed by atoms with van der Waals surface area (Å²) in [6, 6.07) is 12.9. The summed E-state index contributed by atoms with van der Waals surface area (Å²) >= 11 is 0. The van der Waals surface area contributed by atoms with Crippen molar-refractivity contribution in [2.45, 2.75) is 25.9 Å². The van der Waals surface area contributed by atoms with E-state index in [1.165, 1.54) is 37.4 Å². The smallest absolute Gasteiger partial charge is 0.420 e. The third kappa shape index (κ3) is 11.7. The number of hydrogen-bond donors (Lipinski definition) is 0. The van der Waals surface area contributed by atoms with E-state index in [1.54, 1.807) is 24.3 Å². The molecule has 0 aliphatic heterocycles. The van der Waals surface area contributed by atoms with Gasteiger partial charge in [0, 0.05) is 6.08 Å². The van der Waals surface area contributed by atoms with Gasteiger partial charge < -0.3 is 23.7 Å². The number of carbonyl (C=O) groups is 3. The molecule has 0 radical (unpaired) electrons. The van der Waals surface area contributed by atoms with Gasteiger partial charge in [-0.2, -0.15) is 13.2 Å². The van der Waals surface area contributed by atoms with Gasteiger partial charge in [0.1, 0.15) is 11.5 Å². The Labute approximate surface area is 259 Å². The predicted octanol–water partition coefficient (Wildman–Crippen LogP) is 7.71. The molecule has 0 fully saturated rings. The maximum absolute atomic E-state index is 13.8. The zero-order valence-electron chi connectivity index (χ0n) is 24.9. The summed E-state index contributed by atoms with van der Waals surface area (Å²) in [4.78, 5) is 36.2. The summed E-state index contributed by atoms with van der Waals surface area (Å²) in [5.41, 5.74) is -0.882. The van der Waals surface area contributed by atoms with E-state index in [9.17, 15) is 27.6 Å². The standard InChI is InChI=1S/C30H27F3O8.C4H6/c1-4-27(34)39-16-6-5-15-38-25-14-10-21(18-26(25)37-3)29(36)41-24-13-9-20(17-23(24)30(31,32)33)28(35)40-22-11-7-19(2)8-12-22;1-3-4-2/h4,7-14,17-18H,1,5-6,15-16H2,2-3H3;3-4H,1-2H2. The first kappa shape index (κ1) is 35.9. The molecule has 3 rings (SSSR count). The first-order valence-corrected chi connectivity index (χ1v) is 13.5. The van der Waals surface area contributed by atoms with Crippen LogP contribution >= 0.6 is 0 Å². The molecule has 3 aromatic carbocycles. The van der Waals surface area contributed by atoms with Crippen LogP contribution in [0.15, 0.2) is 98.6 Å². The number of methoxy groups -OCH3 is 1. The third-order valence-corrected chi connectivity index (χ3v) is 5.73. The normalized spacial score (nSPS) is 10.3. The van der Waals surface area contributed by atoms with Crippen LogP contribution in [0.5, 0.6) is 23.0 Å². The van der Waals surface area contributed by atoms with E-state index in [1.807, 2.05) is 6.92 Å². The molecule has 238 valence electrons. The first-order chi connectivity index (χ1) is 21.4. The van der Waals surface area contributed by atoms with E-state index in [0.29, 0.717) is 24.7 Å². The van der Waals surface area contributed by atoms with Crippen molar-refractivity contribution in [1.29, 1.82) is 0 Å². The molecule has 8 nitrogen and oxygen atoms in total. The highest BCUT2D eigenvalue weighted by Gasteiger charge is 2.36. The van der Waals surface area contributed by atoms with Crippen LogP contribution in [0.2, 0.25) is 0 Å². The van der Waals surface area contributed by atoms with Crippen LogP contribution in [0.4, 0.5) is 13.2 Å². The maximum Gasteiger partial charge on any atom is 0.420 e. The number of allylic oxidation sites excluding steroid dienone is 2. The fourth-order valence-electron chi connectivity index (χ4n) is 3.43. The van der Waals surface area contributed by atoms with Gasteiger partial charge in [0.2, 0.25) is 0 Å². The van der Waals surface area contributed by atoms with Gasteiger partial charge in [-0.3, -0.25) is 0 Å². The number of rotatable bonds is 13. The Morgan fingerprint density at radius 3 is 1.91 bits per heavy atom. The monoisotopic (exact) mass is 626 g/mol. The summed E-state index contributed by atoms with van der Waals surface area (Å²) < 4.78 is 67.5. The average molecular weight is 627 g/mol. The zero-order chi connectivity index (χ0) is 33.4. The number of ether oxygens (including phenoxy) is 5. The molecule has 0 unspecified atom stereocenters. The predicted molar refractivity (Wildman–Crippen MR) is 162 cm³/mol. The number of halogens is 3. The number of esters is 3. The quantitative estimate of drug-likeness (QED) is 0.0626. The Morgan fingerprint density at radius 1 is 0.756 bits per heavy atom. The van der Waals surface area contributed by atoms with Crippen LogP contribution in [0, 0.1) is 6.92 Å². The molecule has 0 aliphatic rings. The number of unbranched alkanes of at least 4 members (excludes halogenated alkanes) is 1. The summed E-state index contributed by atoms with van der Waals surface area (Å²) in [6.45, 7) is 12.3.